The Morgan fingerprint density at radius 2 is 1.87 bits per heavy atom. The molecule has 5 rings (SSSR count). The van der Waals surface area contributed by atoms with Crippen LogP contribution in [0.15, 0.2) is 60.7 Å². The Morgan fingerprint density at radius 3 is 2.63 bits per heavy atom. The highest BCUT2D eigenvalue weighted by Crippen LogP contribution is 2.33. The topological polar surface area (TPSA) is 92.2 Å². The lowest BCUT2D eigenvalue weighted by molar-refractivity contribution is -0.141. The number of carboxylic acid groups (broad SMARTS) is 1. The lowest BCUT2D eigenvalue weighted by Crippen LogP contribution is -2.27. The number of nitrogens with zero attached hydrogens (tertiary/aromatic N) is 2. The number of amides is 1. The number of aromatic nitrogens is 2. The zero-order valence-corrected chi connectivity index (χ0v) is 21.6. The molecule has 0 bridgehead atoms. The summed E-state index contributed by atoms with van der Waals surface area (Å²) >= 11 is 6.12. The van der Waals surface area contributed by atoms with Gasteiger partial charge in [0.2, 0.25) is 0 Å². The lowest BCUT2D eigenvalue weighted by Gasteiger charge is -2.15. The van der Waals surface area contributed by atoms with Gasteiger partial charge in [-0.2, -0.15) is 0 Å². The van der Waals surface area contributed by atoms with Crippen LogP contribution >= 0.6 is 11.6 Å². The number of carboxylic acids is 1. The quantitative estimate of drug-likeness (QED) is 0.269. The van der Waals surface area contributed by atoms with E-state index in [1.807, 2.05) is 18.2 Å². The minimum absolute atomic E-state index is 0.0795. The maximum atomic E-state index is 13.6. The number of nitrogens with one attached hydrogen (secondary N) is 1. The van der Waals surface area contributed by atoms with Gasteiger partial charge < -0.3 is 10.4 Å². The van der Waals surface area contributed by atoms with E-state index in [1.54, 1.807) is 37.3 Å². The van der Waals surface area contributed by atoms with Gasteiger partial charge in [0.25, 0.3) is 5.91 Å². The average Bonchev–Trinajstić information content (AvgIpc) is 3.29. The number of aryl methyl sites for hydroxylation is 2. The molecule has 1 aliphatic carbocycles. The van der Waals surface area contributed by atoms with Gasteiger partial charge in [-0.05, 0) is 97.8 Å². The molecule has 0 radical (unpaired) electrons. The smallest absolute Gasteiger partial charge is 0.306 e. The molecule has 1 amide bonds. The van der Waals surface area contributed by atoms with Crippen molar-refractivity contribution in [2.45, 2.75) is 45.1 Å². The van der Waals surface area contributed by atoms with Crippen molar-refractivity contribution in [3.63, 3.8) is 0 Å². The molecule has 2 atom stereocenters. The van der Waals surface area contributed by atoms with Crippen LogP contribution in [0.5, 0.6) is 0 Å². The third-order valence-electron chi connectivity index (χ3n) is 7.08. The van der Waals surface area contributed by atoms with Crippen LogP contribution in [0.3, 0.4) is 0 Å². The van der Waals surface area contributed by atoms with Crippen LogP contribution in [0.2, 0.25) is 5.02 Å². The van der Waals surface area contributed by atoms with Gasteiger partial charge in [-0.1, -0.05) is 24.6 Å². The van der Waals surface area contributed by atoms with Crippen molar-refractivity contribution in [3.8, 4) is 11.3 Å². The van der Waals surface area contributed by atoms with Crippen LogP contribution in [0, 0.1) is 11.7 Å². The first-order chi connectivity index (χ1) is 18.3. The molecule has 3 aromatic carbocycles. The van der Waals surface area contributed by atoms with Crippen molar-refractivity contribution >= 4 is 34.5 Å². The monoisotopic (exact) mass is 531 g/mol. The highest BCUT2D eigenvalue weighted by molar-refractivity contribution is 6.30. The van der Waals surface area contributed by atoms with Crippen molar-refractivity contribution in [3.05, 3.63) is 93.9 Å². The number of fused-ring (bicyclic) bond motifs is 2. The Labute approximate surface area is 224 Å². The van der Waals surface area contributed by atoms with Crippen LogP contribution in [0.4, 0.5) is 4.39 Å². The van der Waals surface area contributed by atoms with Crippen molar-refractivity contribution < 1.29 is 19.1 Å². The van der Waals surface area contributed by atoms with Crippen molar-refractivity contribution in [1.29, 1.82) is 0 Å². The summed E-state index contributed by atoms with van der Waals surface area (Å²) in [5.74, 6) is -1.84. The fourth-order valence-electron chi connectivity index (χ4n) is 4.92. The maximum absolute atomic E-state index is 13.6. The highest BCUT2D eigenvalue weighted by atomic mass is 35.5. The molecule has 0 saturated carbocycles. The normalized spacial score (nSPS) is 15.3. The van der Waals surface area contributed by atoms with Crippen LogP contribution in [-0.4, -0.2) is 27.0 Å². The molecular formula is C30H27ClFN3O3. The van der Waals surface area contributed by atoms with E-state index in [0.29, 0.717) is 52.3 Å². The summed E-state index contributed by atoms with van der Waals surface area (Å²) in [6.07, 6.45) is 3.28. The Bertz CT molecular complexity index is 1520. The van der Waals surface area contributed by atoms with E-state index < -0.39 is 11.9 Å². The van der Waals surface area contributed by atoms with Crippen molar-refractivity contribution in [2.24, 2.45) is 5.92 Å². The van der Waals surface area contributed by atoms with Crippen molar-refractivity contribution in [1.82, 2.24) is 15.3 Å². The number of carbonyl (C=O) groups excluding carboxylic acids is 1. The van der Waals surface area contributed by atoms with E-state index in [-0.39, 0.29) is 17.8 Å². The van der Waals surface area contributed by atoms with Gasteiger partial charge in [-0.15, -0.1) is 0 Å². The minimum Gasteiger partial charge on any atom is -0.481 e. The number of rotatable bonds is 8. The molecule has 4 aromatic rings. The van der Waals surface area contributed by atoms with E-state index >= 15 is 0 Å². The Hall–Kier alpha value is -3.84. The van der Waals surface area contributed by atoms with Crippen LogP contribution in [-0.2, 0) is 17.6 Å². The SMILES string of the molecule is CC(CCCc1nc2cc(C(=O)N[C@@H]3CCc4cc(Cl)ccc43)ccc2nc1-c1ccc(F)cc1)C(=O)O. The van der Waals surface area contributed by atoms with Crippen LogP contribution in [0.25, 0.3) is 22.3 Å². The molecule has 0 aliphatic heterocycles. The van der Waals surface area contributed by atoms with E-state index in [2.05, 4.69) is 5.32 Å². The third kappa shape index (κ3) is 5.53. The van der Waals surface area contributed by atoms with Gasteiger partial charge in [0.1, 0.15) is 5.82 Å². The van der Waals surface area contributed by atoms with Gasteiger partial charge in [-0.25, -0.2) is 14.4 Å². The second kappa shape index (κ2) is 10.9. The zero-order valence-electron chi connectivity index (χ0n) is 20.9. The predicted octanol–water partition coefficient (Wildman–Crippen LogP) is 6.55. The number of halogens is 2. The number of aliphatic carboxylic acids is 1. The summed E-state index contributed by atoms with van der Waals surface area (Å²) < 4.78 is 13.6. The van der Waals surface area contributed by atoms with Crippen LogP contribution < -0.4 is 5.32 Å². The maximum Gasteiger partial charge on any atom is 0.306 e. The average molecular weight is 532 g/mol. The second-order valence-electron chi connectivity index (χ2n) is 9.77. The molecule has 1 aliphatic rings. The second-order valence-corrected chi connectivity index (χ2v) is 10.2. The fraction of sp³-hybridized carbons (Fsp3) is 0.267. The molecular weight excluding hydrogens is 505 g/mol. The summed E-state index contributed by atoms with van der Waals surface area (Å²) in [5, 5.41) is 13.0. The van der Waals surface area contributed by atoms with E-state index in [9.17, 15) is 19.1 Å². The fourth-order valence-corrected chi connectivity index (χ4v) is 5.12. The van der Waals surface area contributed by atoms with Crippen molar-refractivity contribution in [2.75, 3.05) is 0 Å². The Kier molecular flexibility index (Phi) is 7.38. The molecule has 2 N–H and O–H groups in total. The van der Waals surface area contributed by atoms with Crippen LogP contribution in [0.1, 0.15) is 59.4 Å². The molecule has 1 aromatic heterocycles. The predicted molar refractivity (Wildman–Crippen MR) is 145 cm³/mol. The summed E-state index contributed by atoms with van der Waals surface area (Å²) in [7, 11) is 0. The minimum atomic E-state index is -0.836. The molecule has 194 valence electrons. The van der Waals surface area contributed by atoms with Gasteiger partial charge in [0.15, 0.2) is 0 Å². The Morgan fingerprint density at radius 1 is 1.08 bits per heavy atom. The number of benzene rings is 3. The molecule has 1 heterocycles. The number of hydrogen-bond acceptors (Lipinski definition) is 4. The standard InChI is InChI=1S/C30H27ClFN3O3/c1-17(30(37)38)3-2-4-26-28(18-5-10-22(32)11-6-18)34-25-14-8-20(16-27(25)33-26)29(36)35-24-13-7-19-15-21(31)9-12-23(19)24/h5-6,8-12,14-17,24H,2-4,7,13H2,1H3,(H,35,36)(H,37,38)/t17?,24-/m1/s1. The molecule has 8 heteroatoms. The number of carbonyl (C=O) groups is 2. The van der Waals surface area contributed by atoms with E-state index in [1.165, 1.54) is 12.1 Å². The van der Waals surface area contributed by atoms with Gasteiger partial charge in [0, 0.05) is 16.1 Å². The molecule has 38 heavy (non-hydrogen) atoms. The number of hydrogen-bond donors (Lipinski definition) is 2. The summed E-state index contributed by atoms with van der Waals surface area (Å²) in [4.78, 5) is 34.0. The molecule has 1 unspecified atom stereocenters. The van der Waals surface area contributed by atoms with E-state index in [0.717, 1.165) is 29.5 Å². The molecule has 6 nitrogen and oxygen atoms in total. The lowest BCUT2D eigenvalue weighted by atomic mass is 10.0. The zero-order chi connectivity index (χ0) is 26.8. The van der Waals surface area contributed by atoms with Gasteiger partial charge in [-0.3, -0.25) is 9.59 Å². The summed E-state index contributed by atoms with van der Waals surface area (Å²) in [6.45, 7) is 1.68. The largest absolute Gasteiger partial charge is 0.481 e. The summed E-state index contributed by atoms with van der Waals surface area (Å²) in [6, 6.07) is 17.0. The molecule has 0 fully saturated rings. The highest BCUT2D eigenvalue weighted by Gasteiger charge is 2.25. The molecule has 0 spiro atoms. The first-order valence-corrected chi connectivity index (χ1v) is 13.0. The van der Waals surface area contributed by atoms with E-state index in [4.69, 9.17) is 21.6 Å². The third-order valence-corrected chi connectivity index (χ3v) is 7.31. The van der Waals surface area contributed by atoms with Gasteiger partial charge in [0.05, 0.1) is 34.4 Å². The summed E-state index contributed by atoms with van der Waals surface area (Å²) in [5.41, 5.74) is 5.94. The Balaban J connectivity index is 1.43. The van der Waals surface area contributed by atoms with Gasteiger partial charge >= 0.3 is 5.97 Å². The first-order valence-electron chi connectivity index (χ1n) is 12.7. The first kappa shape index (κ1) is 25.8. The molecule has 0 saturated heterocycles.